The van der Waals surface area contributed by atoms with Gasteiger partial charge < -0.3 is 5.73 Å². The van der Waals surface area contributed by atoms with Gasteiger partial charge in [-0.15, -0.1) is 11.3 Å². The Bertz CT molecular complexity index is 1300. The molecular formula is C21H21N5OS2. The molecule has 6 nitrogen and oxygen atoms in total. The number of hydrogen-bond donors (Lipinski definition) is 1. The van der Waals surface area contributed by atoms with Crippen molar-refractivity contribution in [1.82, 2.24) is 19.7 Å². The lowest BCUT2D eigenvalue weighted by Crippen LogP contribution is -2.23. The minimum absolute atomic E-state index is 0.256. The number of hydrogen-bond acceptors (Lipinski definition) is 6. The zero-order valence-corrected chi connectivity index (χ0v) is 17.7. The quantitative estimate of drug-likeness (QED) is 0.527. The topological polar surface area (TPSA) is 86.7 Å². The Labute approximate surface area is 174 Å². The molecule has 1 atom stereocenters. The van der Waals surface area contributed by atoms with Crippen molar-refractivity contribution in [2.45, 2.75) is 47.5 Å². The summed E-state index contributed by atoms with van der Waals surface area (Å²) in [6, 6.07) is 4.25. The fourth-order valence-electron chi connectivity index (χ4n) is 4.05. The van der Waals surface area contributed by atoms with Crippen molar-refractivity contribution in [2.24, 2.45) is 7.05 Å². The van der Waals surface area contributed by atoms with Crippen LogP contribution in [-0.4, -0.2) is 29.2 Å². The fraction of sp³-hybridized carbons (Fsp3) is 0.381. The van der Waals surface area contributed by atoms with Crippen molar-refractivity contribution < 1.29 is 4.21 Å². The number of aromatic nitrogens is 4. The molecule has 148 valence electrons. The maximum absolute atomic E-state index is 13.0. The Morgan fingerprint density at radius 2 is 2.07 bits per heavy atom. The number of pyridine rings is 2. The molecule has 2 aliphatic carbocycles. The molecule has 2 aliphatic rings. The predicted octanol–water partition coefficient (Wildman–Crippen LogP) is 4.36. The van der Waals surface area contributed by atoms with Gasteiger partial charge in [-0.2, -0.15) is 5.10 Å². The van der Waals surface area contributed by atoms with Crippen molar-refractivity contribution in [3.63, 3.8) is 0 Å². The molecule has 8 heteroatoms. The molecule has 2 fully saturated rings. The second kappa shape index (κ2) is 6.34. The van der Waals surface area contributed by atoms with E-state index in [1.807, 2.05) is 19.4 Å². The largest absolute Gasteiger partial charge is 0.396 e. The lowest BCUT2D eigenvalue weighted by molar-refractivity contribution is 0.505. The van der Waals surface area contributed by atoms with Gasteiger partial charge in [0.25, 0.3) is 0 Å². The number of thiophene rings is 1. The van der Waals surface area contributed by atoms with Crippen LogP contribution in [0.4, 0.5) is 5.69 Å². The van der Waals surface area contributed by atoms with E-state index < -0.39 is 10.8 Å². The van der Waals surface area contributed by atoms with E-state index >= 15 is 0 Å². The first-order valence-corrected chi connectivity index (χ1v) is 12.0. The van der Waals surface area contributed by atoms with Crippen LogP contribution in [0.1, 0.15) is 43.6 Å². The average molecular weight is 424 g/mol. The summed E-state index contributed by atoms with van der Waals surface area (Å²) in [4.78, 5) is 10.3. The summed E-state index contributed by atoms with van der Waals surface area (Å²) in [7, 11) is 0.874. The highest BCUT2D eigenvalue weighted by Gasteiger charge is 2.32. The average Bonchev–Trinajstić information content (AvgIpc) is 3.36. The van der Waals surface area contributed by atoms with E-state index in [-0.39, 0.29) is 5.25 Å². The van der Waals surface area contributed by atoms with E-state index in [0.717, 1.165) is 49.6 Å². The van der Waals surface area contributed by atoms with Gasteiger partial charge >= 0.3 is 0 Å². The number of nitrogens with zero attached hydrogens (tertiary/aromatic N) is 4. The molecular weight excluding hydrogens is 402 g/mol. The molecule has 0 amide bonds. The van der Waals surface area contributed by atoms with Gasteiger partial charge in [-0.25, -0.2) is 9.97 Å². The van der Waals surface area contributed by atoms with Crippen LogP contribution < -0.4 is 5.73 Å². The third-order valence-corrected chi connectivity index (χ3v) is 9.32. The van der Waals surface area contributed by atoms with E-state index in [1.165, 1.54) is 36.2 Å². The van der Waals surface area contributed by atoms with Crippen LogP contribution in [0.5, 0.6) is 0 Å². The summed E-state index contributed by atoms with van der Waals surface area (Å²) < 4.78 is 15.6. The smallest absolute Gasteiger partial charge is 0.181 e. The van der Waals surface area contributed by atoms with Crippen molar-refractivity contribution in [2.75, 3.05) is 5.73 Å². The molecule has 4 aromatic rings. The summed E-state index contributed by atoms with van der Waals surface area (Å²) >= 11 is 1.51. The Morgan fingerprint density at radius 1 is 1.24 bits per heavy atom. The summed E-state index contributed by atoms with van der Waals surface area (Å²) in [5, 5.41) is 6.64. The van der Waals surface area contributed by atoms with E-state index in [9.17, 15) is 4.21 Å². The van der Waals surface area contributed by atoms with Crippen LogP contribution in [0.15, 0.2) is 28.7 Å². The monoisotopic (exact) mass is 423 g/mol. The van der Waals surface area contributed by atoms with Crippen molar-refractivity contribution in [1.29, 1.82) is 0 Å². The molecule has 0 bridgehead atoms. The molecule has 0 spiro atoms. The standard InChI is InChI=1S/C21H21N5OS2/c1-26-10-13-7-12(9-23-19(13)25-26)16-8-15(11-5-6-11)17-18(22)21(28-20(17)24-16)29(27)14-3-2-4-14/h7-11,14H,2-6,22H2,1H3/t29-/m1/s1. The first kappa shape index (κ1) is 17.5. The van der Waals surface area contributed by atoms with Crippen molar-refractivity contribution in [3.05, 3.63) is 30.1 Å². The summed E-state index contributed by atoms with van der Waals surface area (Å²) in [5.41, 5.74) is 11.1. The molecule has 0 unspecified atom stereocenters. The molecule has 4 heterocycles. The third-order valence-electron chi connectivity index (χ3n) is 6.02. The van der Waals surface area contributed by atoms with E-state index in [1.54, 1.807) is 4.68 Å². The van der Waals surface area contributed by atoms with E-state index in [4.69, 9.17) is 10.7 Å². The Morgan fingerprint density at radius 3 is 2.79 bits per heavy atom. The summed E-state index contributed by atoms with van der Waals surface area (Å²) in [6.07, 6.45) is 9.39. The minimum atomic E-state index is -1.02. The number of aryl methyl sites for hydroxylation is 1. The van der Waals surface area contributed by atoms with Crippen molar-refractivity contribution >= 4 is 49.1 Å². The van der Waals surface area contributed by atoms with E-state index in [2.05, 4.69) is 22.2 Å². The minimum Gasteiger partial charge on any atom is -0.396 e. The Kier molecular flexibility index (Phi) is 3.83. The van der Waals surface area contributed by atoms with Gasteiger partial charge in [0.1, 0.15) is 9.04 Å². The number of nitrogen functional groups attached to an aromatic ring is 1. The van der Waals surface area contributed by atoms with Crippen LogP contribution in [-0.2, 0) is 17.8 Å². The van der Waals surface area contributed by atoms with Crippen LogP contribution in [0.25, 0.3) is 32.5 Å². The molecule has 0 saturated heterocycles. The zero-order valence-electron chi connectivity index (χ0n) is 16.1. The summed E-state index contributed by atoms with van der Waals surface area (Å²) in [5.74, 6) is 0.524. The van der Waals surface area contributed by atoms with Gasteiger partial charge in [-0.3, -0.25) is 8.89 Å². The van der Waals surface area contributed by atoms with Gasteiger partial charge in [0.05, 0.1) is 22.2 Å². The number of nitrogens with two attached hydrogens (primary N) is 1. The lowest BCUT2D eigenvalue weighted by Gasteiger charge is -2.23. The first-order chi connectivity index (χ1) is 14.1. The fourth-order valence-corrected chi connectivity index (χ4v) is 7.27. The summed E-state index contributed by atoms with van der Waals surface area (Å²) in [6.45, 7) is 0. The van der Waals surface area contributed by atoms with Crippen LogP contribution in [0.2, 0.25) is 0 Å². The normalized spacial score (nSPS) is 18.4. The van der Waals surface area contributed by atoms with Gasteiger partial charge in [-0.05, 0) is 49.3 Å². The Hall–Kier alpha value is -2.32. The Balaban J connectivity index is 1.53. The highest BCUT2D eigenvalue weighted by molar-refractivity contribution is 7.88. The third kappa shape index (κ3) is 2.80. The van der Waals surface area contributed by atoms with Gasteiger partial charge in [-0.1, -0.05) is 6.42 Å². The maximum Gasteiger partial charge on any atom is 0.181 e. The number of rotatable bonds is 4. The second-order valence-electron chi connectivity index (χ2n) is 8.14. The van der Waals surface area contributed by atoms with Gasteiger partial charge in [0.15, 0.2) is 5.65 Å². The molecule has 0 radical (unpaired) electrons. The van der Waals surface area contributed by atoms with Gasteiger partial charge in [0, 0.05) is 41.0 Å². The highest BCUT2D eigenvalue weighted by atomic mass is 32.2. The SMILES string of the molecule is Cn1cc2cc(-c3cc(C4CC4)c4c(N)c([S@](=O)C5CCC5)sc4n3)cnc2n1. The zero-order chi connectivity index (χ0) is 19.7. The molecule has 6 rings (SSSR count). The maximum atomic E-state index is 13.0. The lowest BCUT2D eigenvalue weighted by atomic mass is 10.0. The number of anilines is 1. The van der Waals surface area contributed by atoms with Crippen LogP contribution >= 0.6 is 11.3 Å². The van der Waals surface area contributed by atoms with Gasteiger partial charge in [0.2, 0.25) is 0 Å². The number of fused-ring (bicyclic) bond motifs is 2. The predicted molar refractivity (Wildman–Crippen MR) is 118 cm³/mol. The molecule has 2 saturated carbocycles. The second-order valence-corrected chi connectivity index (χ2v) is 11.1. The van der Waals surface area contributed by atoms with Crippen LogP contribution in [0, 0.1) is 0 Å². The molecule has 4 aromatic heterocycles. The van der Waals surface area contributed by atoms with Crippen molar-refractivity contribution in [3.8, 4) is 11.3 Å². The first-order valence-electron chi connectivity index (χ1n) is 10.0. The molecule has 2 N–H and O–H groups in total. The molecule has 0 aliphatic heterocycles. The molecule has 0 aromatic carbocycles. The van der Waals surface area contributed by atoms with Crippen LogP contribution in [0.3, 0.4) is 0 Å². The molecule has 29 heavy (non-hydrogen) atoms. The highest BCUT2D eigenvalue weighted by Crippen LogP contribution is 2.49. The van der Waals surface area contributed by atoms with E-state index in [0.29, 0.717) is 11.6 Å².